The van der Waals surface area contributed by atoms with Gasteiger partial charge < -0.3 is 10.1 Å². The molecule has 2 atom stereocenters. The lowest BCUT2D eigenvalue weighted by atomic mass is 9.89. The average molecular weight is 224 g/mol. The van der Waals surface area contributed by atoms with Gasteiger partial charge in [-0.05, 0) is 31.2 Å². The van der Waals surface area contributed by atoms with Gasteiger partial charge >= 0.3 is 0 Å². The molecule has 0 aromatic carbocycles. The van der Waals surface area contributed by atoms with Gasteiger partial charge in [0.25, 0.3) is 0 Å². The molecule has 16 heavy (non-hydrogen) atoms. The van der Waals surface area contributed by atoms with Crippen LogP contribution in [-0.4, -0.2) is 31.6 Å². The molecular formula is C13H24N2O. The van der Waals surface area contributed by atoms with Crippen LogP contribution in [-0.2, 0) is 4.74 Å². The van der Waals surface area contributed by atoms with Gasteiger partial charge in [-0.25, -0.2) is 4.99 Å². The van der Waals surface area contributed by atoms with E-state index in [1.165, 1.54) is 12.8 Å². The van der Waals surface area contributed by atoms with Crippen LogP contribution in [0.5, 0.6) is 0 Å². The molecule has 0 aliphatic carbocycles. The van der Waals surface area contributed by atoms with Crippen molar-refractivity contribution >= 4 is 5.90 Å². The van der Waals surface area contributed by atoms with Crippen LogP contribution in [0.4, 0.5) is 0 Å². The first kappa shape index (κ1) is 11.9. The number of nitrogens with one attached hydrogen (secondary N) is 1. The summed E-state index contributed by atoms with van der Waals surface area (Å²) in [6, 6.07) is 0.386. The van der Waals surface area contributed by atoms with Crippen molar-refractivity contribution in [1.29, 1.82) is 0 Å². The second kappa shape index (κ2) is 4.74. The molecule has 3 heteroatoms. The van der Waals surface area contributed by atoms with E-state index < -0.39 is 0 Å². The lowest BCUT2D eigenvalue weighted by Gasteiger charge is -2.21. The molecule has 3 nitrogen and oxygen atoms in total. The third-order valence-electron chi connectivity index (χ3n) is 3.23. The summed E-state index contributed by atoms with van der Waals surface area (Å²) in [6.45, 7) is 9.79. The Hall–Kier alpha value is -0.570. The van der Waals surface area contributed by atoms with Crippen LogP contribution in [0.3, 0.4) is 0 Å². The minimum Gasteiger partial charge on any atom is -0.478 e. The van der Waals surface area contributed by atoms with Crippen molar-refractivity contribution in [2.24, 2.45) is 16.3 Å². The molecule has 0 spiro atoms. The van der Waals surface area contributed by atoms with Crippen molar-refractivity contribution in [3.63, 3.8) is 0 Å². The van der Waals surface area contributed by atoms with Crippen LogP contribution in [0.2, 0.25) is 0 Å². The molecular weight excluding hydrogens is 200 g/mol. The molecule has 2 rings (SSSR count). The highest BCUT2D eigenvalue weighted by atomic mass is 16.5. The van der Waals surface area contributed by atoms with Crippen LogP contribution in [0.15, 0.2) is 4.99 Å². The van der Waals surface area contributed by atoms with E-state index in [1.54, 1.807) is 0 Å². The van der Waals surface area contributed by atoms with E-state index in [2.05, 4.69) is 26.1 Å². The van der Waals surface area contributed by atoms with E-state index in [1.807, 2.05) is 0 Å². The standard InChI is InChI=1S/C13H24N2O/c1-13(2,3)7-11-9-16-12(15-11)10-5-4-6-14-8-10/h10-11,14H,4-9H2,1-3H3. The summed E-state index contributed by atoms with van der Waals surface area (Å²) in [4.78, 5) is 4.75. The largest absolute Gasteiger partial charge is 0.478 e. The first-order valence-corrected chi connectivity index (χ1v) is 6.46. The average Bonchev–Trinajstić information content (AvgIpc) is 2.65. The van der Waals surface area contributed by atoms with Gasteiger partial charge in [-0.15, -0.1) is 0 Å². The lowest BCUT2D eigenvalue weighted by molar-refractivity contribution is 0.253. The third kappa shape index (κ3) is 3.21. The number of ether oxygens (including phenoxy) is 1. The summed E-state index contributed by atoms with van der Waals surface area (Å²) >= 11 is 0. The molecule has 0 radical (unpaired) electrons. The molecule has 1 N–H and O–H groups in total. The quantitative estimate of drug-likeness (QED) is 0.780. The Morgan fingerprint density at radius 1 is 1.44 bits per heavy atom. The van der Waals surface area contributed by atoms with Crippen LogP contribution in [0, 0.1) is 11.3 Å². The monoisotopic (exact) mass is 224 g/mol. The van der Waals surface area contributed by atoms with Gasteiger partial charge in [-0.1, -0.05) is 20.8 Å². The van der Waals surface area contributed by atoms with Gasteiger partial charge in [0.1, 0.15) is 6.61 Å². The molecule has 2 aliphatic rings. The molecule has 2 aliphatic heterocycles. The SMILES string of the molecule is CC(C)(C)CC1COC(C2CCCNC2)=N1. The van der Waals surface area contributed by atoms with Gasteiger partial charge in [0.15, 0.2) is 5.90 Å². The highest BCUT2D eigenvalue weighted by Gasteiger charge is 2.29. The van der Waals surface area contributed by atoms with Gasteiger partial charge in [0.2, 0.25) is 0 Å². The van der Waals surface area contributed by atoms with E-state index in [9.17, 15) is 0 Å². The molecule has 92 valence electrons. The van der Waals surface area contributed by atoms with Crippen molar-refractivity contribution in [3.05, 3.63) is 0 Å². The zero-order chi connectivity index (χ0) is 11.6. The molecule has 0 amide bonds. The third-order valence-corrected chi connectivity index (χ3v) is 3.23. The number of hydrogen-bond donors (Lipinski definition) is 1. The van der Waals surface area contributed by atoms with Crippen molar-refractivity contribution in [2.45, 2.75) is 46.1 Å². The van der Waals surface area contributed by atoms with Gasteiger partial charge in [0, 0.05) is 12.5 Å². The highest BCUT2D eigenvalue weighted by Crippen LogP contribution is 2.26. The Labute approximate surface area is 98.7 Å². The van der Waals surface area contributed by atoms with Crippen LogP contribution >= 0.6 is 0 Å². The summed E-state index contributed by atoms with van der Waals surface area (Å²) in [5.74, 6) is 1.54. The predicted molar refractivity (Wildman–Crippen MR) is 66.8 cm³/mol. The summed E-state index contributed by atoms with van der Waals surface area (Å²) < 4.78 is 5.76. The summed E-state index contributed by atoms with van der Waals surface area (Å²) in [5.41, 5.74) is 0.345. The number of nitrogens with zero attached hydrogens (tertiary/aromatic N) is 1. The smallest absolute Gasteiger partial charge is 0.188 e. The topological polar surface area (TPSA) is 33.6 Å². The maximum absolute atomic E-state index is 5.76. The predicted octanol–water partition coefficient (Wildman–Crippen LogP) is 2.22. The second-order valence-electron chi connectivity index (χ2n) is 6.24. The lowest BCUT2D eigenvalue weighted by Crippen LogP contribution is -2.34. The normalized spacial score (nSPS) is 31.1. The molecule has 0 aromatic rings. The van der Waals surface area contributed by atoms with Gasteiger partial charge in [-0.2, -0.15) is 0 Å². The van der Waals surface area contributed by atoms with Crippen LogP contribution in [0.25, 0.3) is 0 Å². The Bertz CT molecular complexity index is 262. The Kier molecular flexibility index (Phi) is 3.53. The van der Waals surface area contributed by atoms with E-state index in [-0.39, 0.29) is 0 Å². The second-order valence-corrected chi connectivity index (χ2v) is 6.24. The first-order valence-electron chi connectivity index (χ1n) is 6.46. The van der Waals surface area contributed by atoms with Crippen LogP contribution < -0.4 is 5.32 Å². The number of hydrogen-bond acceptors (Lipinski definition) is 3. The van der Waals surface area contributed by atoms with Crippen molar-refractivity contribution in [2.75, 3.05) is 19.7 Å². The van der Waals surface area contributed by atoms with Crippen molar-refractivity contribution in [1.82, 2.24) is 5.32 Å². The molecule has 0 bridgehead atoms. The first-order chi connectivity index (χ1) is 7.54. The Morgan fingerprint density at radius 2 is 2.25 bits per heavy atom. The zero-order valence-electron chi connectivity index (χ0n) is 10.8. The minimum absolute atomic E-state index is 0.345. The molecule has 1 saturated heterocycles. The summed E-state index contributed by atoms with van der Waals surface area (Å²) in [7, 11) is 0. The van der Waals surface area contributed by atoms with E-state index >= 15 is 0 Å². The van der Waals surface area contributed by atoms with Crippen molar-refractivity contribution in [3.8, 4) is 0 Å². The molecule has 1 fully saturated rings. The van der Waals surface area contributed by atoms with E-state index in [4.69, 9.17) is 9.73 Å². The fraction of sp³-hybridized carbons (Fsp3) is 0.923. The van der Waals surface area contributed by atoms with Crippen LogP contribution in [0.1, 0.15) is 40.0 Å². The number of aliphatic imine (C=N–C) groups is 1. The maximum atomic E-state index is 5.76. The summed E-state index contributed by atoms with van der Waals surface area (Å²) in [5, 5.41) is 3.41. The van der Waals surface area contributed by atoms with Gasteiger partial charge in [0.05, 0.1) is 6.04 Å². The van der Waals surface area contributed by atoms with E-state index in [0.717, 1.165) is 32.0 Å². The molecule has 0 saturated carbocycles. The minimum atomic E-state index is 0.345. The van der Waals surface area contributed by atoms with Gasteiger partial charge in [-0.3, -0.25) is 0 Å². The Balaban J connectivity index is 1.89. The Morgan fingerprint density at radius 3 is 2.88 bits per heavy atom. The fourth-order valence-corrected chi connectivity index (χ4v) is 2.53. The maximum Gasteiger partial charge on any atom is 0.188 e. The zero-order valence-corrected chi connectivity index (χ0v) is 10.8. The van der Waals surface area contributed by atoms with E-state index in [0.29, 0.717) is 17.4 Å². The fourth-order valence-electron chi connectivity index (χ4n) is 2.53. The highest BCUT2D eigenvalue weighted by molar-refractivity contribution is 5.80. The summed E-state index contributed by atoms with van der Waals surface area (Å²) in [6.07, 6.45) is 3.60. The number of piperidine rings is 1. The number of rotatable bonds is 2. The molecule has 2 unspecified atom stereocenters. The van der Waals surface area contributed by atoms with Crippen molar-refractivity contribution < 1.29 is 4.74 Å². The molecule has 0 aromatic heterocycles. The molecule has 2 heterocycles.